The van der Waals surface area contributed by atoms with Crippen molar-refractivity contribution in [3.05, 3.63) is 59.5 Å². The minimum Gasteiger partial charge on any atom is -0.469 e. The van der Waals surface area contributed by atoms with Gasteiger partial charge in [0.25, 0.3) is 0 Å². The van der Waals surface area contributed by atoms with Crippen molar-refractivity contribution in [3.63, 3.8) is 0 Å². The van der Waals surface area contributed by atoms with Crippen LogP contribution in [0, 0.1) is 6.92 Å². The molecule has 1 aliphatic heterocycles. The van der Waals surface area contributed by atoms with Crippen molar-refractivity contribution < 1.29 is 13.9 Å². The molecular formula is C16H17NO3. The molecule has 1 fully saturated rings. The number of furan rings is 1. The number of benzene rings is 1. The number of carbonyl (C=O) groups is 1. The Morgan fingerprint density at radius 2 is 2.00 bits per heavy atom. The maximum Gasteiger partial charge on any atom is 0.228 e. The molecule has 0 aliphatic carbocycles. The van der Waals surface area contributed by atoms with E-state index in [9.17, 15) is 4.79 Å². The minimum absolute atomic E-state index is 0.0461. The van der Waals surface area contributed by atoms with Crippen LogP contribution in [0.4, 0.5) is 0 Å². The van der Waals surface area contributed by atoms with Crippen molar-refractivity contribution >= 4 is 5.91 Å². The van der Waals surface area contributed by atoms with Crippen LogP contribution >= 0.6 is 0 Å². The highest BCUT2D eigenvalue weighted by Gasteiger charge is 2.41. The molecule has 1 amide bonds. The van der Waals surface area contributed by atoms with E-state index in [1.165, 1.54) is 0 Å². The van der Waals surface area contributed by atoms with Gasteiger partial charge in [-0.25, -0.2) is 0 Å². The van der Waals surface area contributed by atoms with E-state index in [4.69, 9.17) is 9.15 Å². The molecule has 20 heavy (non-hydrogen) atoms. The number of hydrogen-bond donors (Lipinski definition) is 1. The molecule has 1 saturated heterocycles. The summed E-state index contributed by atoms with van der Waals surface area (Å²) in [4.78, 5) is 12.2. The van der Waals surface area contributed by atoms with Crippen molar-refractivity contribution in [2.24, 2.45) is 0 Å². The van der Waals surface area contributed by atoms with Gasteiger partial charge in [-0.2, -0.15) is 0 Å². The Labute approximate surface area is 117 Å². The maximum atomic E-state index is 12.2. The molecule has 0 saturated carbocycles. The predicted octanol–water partition coefficient (Wildman–Crippen LogP) is 2.17. The third-order valence-corrected chi connectivity index (χ3v) is 3.69. The van der Waals surface area contributed by atoms with Gasteiger partial charge in [0.15, 0.2) is 0 Å². The van der Waals surface area contributed by atoms with Crippen LogP contribution in [-0.2, 0) is 21.5 Å². The molecule has 0 unspecified atom stereocenters. The summed E-state index contributed by atoms with van der Waals surface area (Å²) in [6, 6.07) is 11.8. The van der Waals surface area contributed by atoms with Crippen molar-refractivity contribution in [1.29, 1.82) is 0 Å². The lowest BCUT2D eigenvalue weighted by atomic mass is 9.87. The first-order valence-corrected chi connectivity index (χ1v) is 6.67. The largest absolute Gasteiger partial charge is 0.469 e. The second-order valence-electron chi connectivity index (χ2n) is 5.19. The maximum absolute atomic E-state index is 12.2. The average Bonchev–Trinajstić information content (AvgIpc) is 2.80. The van der Waals surface area contributed by atoms with E-state index in [0.29, 0.717) is 19.0 Å². The van der Waals surface area contributed by atoms with Gasteiger partial charge >= 0.3 is 0 Å². The van der Waals surface area contributed by atoms with E-state index < -0.39 is 5.54 Å². The van der Waals surface area contributed by atoms with Gasteiger partial charge in [-0.3, -0.25) is 4.79 Å². The first-order valence-electron chi connectivity index (χ1n) is 6.67. The van der Waals surface area contributed by atoms with Gasteiger partial charge in [0, 0.05) is 0 Å². The summed E-state index contributed by atoms with van der Waals surface area (Å²) in [5, 5.41) is 3.09. The molecule has 1 aromatic carbocycles. The second kappa shape index (κ2) is 5.13. The summed E-state index contributed by atoms with van der Waals surface area (Å²) < 4.78 is 10.6. The van der Waals surface area contributed by atoms with Crippen LogP contribution in [0.5, 0.6) is 0 Å². The van der Waals surface area contributed by atoms with Gasteiger partial charge in [-0.1, -0.05) is 30.3 Å². The van der Waals surface area contributed by atoms with Crippen molar-refractivity contribution in [2.75, 3.05) is 13.2 Å². The first-order chi connectivity index (χ1) is 9.70. The van der Waals surface area contributed by atoms with Crippen LogP contribution < -0.4 is 5.32 Å². The Balaban J connectivity index is 1.72. The van der Waals surface area contributed by atoms with Crippen LogP contribution in [0.3, 0.4) is 0 Å². The average molecular weight is 271 g/mol. The zero-order chi connectivity index (χ0) is 14.0. The van der Waals surface area contributed by atoms with Crippen molar-refractivity contribution in [2.45, 2.75) is 18.9 Å². The smallest absolute Gasteiger partial charge is 0.228 e. The van der Waals surface area contributed by atoms with E-state index in [1.807, 2.05) is 43.3 Å². The molecule has 2 heterocycles. The Morgan fingerprint density at radius 1 is 1.25 bits per heavy atom. The highest BCUT2D eigenvalue weighted by molar-refractivity contribution is 5.79. The van der Waals surface area contributed by atoms with Gasteiger partial charge in [0.05, 0.1) is 25.9 Å². The summed E-state index contributed by atoms with van der Waals surface area (Å²) in [6.45, 7) is 2.96. The van der Waals surface area contributed by atoms with E-state index in [0.717, 1.165) is 11.1 Å². The molecule has 0 bridgehead atoms. The van der Waals surface area contributed by atoms with Crippen LogP contribution in [0.15, 0.2) is 47.1 Å². The number of aryl methyl sites for hydroxylation is 1. The van der Waals surface area contributed by atoms with Gasteiger partial charge in [-0.15, -0.1) is 0 Å². The fourth-order valence-electron chi connectivity index (χ4n) is 2.42. The summed E-state index contributed by atoms with van der Waals surface area (Å²) >= 11 is 0. The molecule has 0 atom stereocenters. The third-order valence-electron chi connectivity index (χ3n) is 3.69. The van der Waals surface area contributed by atoms with Gasteiger partial charge in [0.2, 0.25) is 5.91 Å². The molecule has 3 rings (SSSR count). The van der Waals surface area contributed by atoms with Crippen molar-refractivity contribution in [3.8, 4) is 0 Å². The fraction of sp³-hybridized carbons (Fsp3) is 0.312. The highest BCUT2D eigenvalue weighted by Crippen LogP contribution is 2.29. The number of rotatable bonds is 4. The molecule has 1 aliphatic rings. The molecule has 4 heteroatoms. The molecule has 104 valence electrons. The molecular weight excluding hydrogens is 254 g/mol. The predicted molar refractivity (Wildman–Crippen MR) is 74.2 cm³/mol. The zero-order valence-electron chi connectivity index (χ0n) is 11.4. The molecule has 1 N–H and O–H groups in total. The number of ether oxygens (including phenoxy) is 1. The Hall–Kier alpha value is -2.07. The monoisotopic (exact) mass is 271 g/mol. The summed E-state index contributed by atoms with van der Waals surface area (Å²) in [5.74, 6) is 0.668. The number of amides is 1. The quantitative estimate of drug-likeness (QED) is 0.927. The summed E-state index contributed by atoms with van der Waals surface area (Å²) in [6.07, 6.45) is 1.87. The molecule has 0 spiro atoms. The van der Waals surface area contributed by atoms with Gasteiger partial charge < -0.3 is 14.5 Å². The lowest BCUT2D eigenvalue weighted by Crippen LogP contribution is -2.59. The molecule has 1 aromatic heterocycles. The van der Waals surface area contributed by atoms with Crippen LogP contribution in [-0.4, -0.2) is 19.1 Å². The van der Waals surface area contributed by atoms with Gasteiger partial charge in [0.1, 0.15) is 11.3 Å². The van der Waals surface area contributed by atoms with Crippen LogP contribution in [0.1, 0.15) is 16.9 Å². The molecule has 2 aromatic rings. The van der Waals surface area contributed by atoms with E-state index in [2.05, 4.69) is 5.32 Å². The SMILES string of the molecule is Cc1ccoc1CC(=O)NC1(c2ccccc2)COC1. The number of nitrogens with one attached hydrogen (secondary N) is 1. The standard InChI is InChI=1S/C16H17NO3/c1-12-7-8-20-14(12)9-15(18)17-16(10-19-11-16)13-5-3-2-4-6-13/h2-8H,9-11H2,1H3,(H,17,18). The lowest BCUT2D eigenvalue weighted by Gasteiger charge is -2.42. The van der Waals surface area contributed by atoms with Crippen molar-refractivity contribution in [1.82, 2.24) is 5.32 Å². The van der Waals surface area contributed by atoms with Gasteiger partial charge in [-0.05, 0) is 24.1 Å². The molecule has 0 radical (unpaired) electrons. The van der Waals surface area contributed by atoms with E-state index in [1.54, 1.807) is 6.26 Å². The molecule has 4 nitrogen and oxygen atoms in total. The topological polar surface area (TPSA) is 51.5 Å². The Morgan fingerprint density at radius 3 is 2.55 bits per heavy atom. The number of hydrogen-bond acceptors (Lipinski definition) is 3. The lowest BCUT2D eigenvalue weighted by molar-refractivity contribution is -0.133. The highest BCUT2D eigenvalue weighted by atomic mass is 16.5. The Kier molecular flexibility index (Phi) is 3.32. The van der Waals surface area contributed by atoms with E-state index in [-0.39, 0.29) is 12.3 Å². The summed E-state index contributed by atoms with van der Waals surface area (Å²) in [7, 11) is 0. The first kappa shape index (κ1) is 12.9. The minimum atomic E-state index is -0.390. The third kappa shape index (κ3) is 2.34. The van der Waals surface area contributed by atoms with Crippen LogP contribution in [0.2, 0.25) is 0 Å². The fourth-order valence-corrected chi connectivity index (χ4v) is 2.42. The summed E-state index contributed by atoms with van der Waals surface area (Å²) in [5.41, 5.74) is 1.69. The normalized spacial score (nSPS) is 16.4. The Bertz CT molecular complexity index is 599. The number of carbonyl (C=O) groups excluding carboxylic acids is 1. The van der Waals surface area contributed by atoms with Crippen LogP contribution in [0.25, 0.3) is 0 Å². The van der Waals surface area contributed by atoms with E-state index >= 15 is 0 Å². The second-order valence-corrected chi connectivity index (χ2v) is 5.19. The zero-order valence-corrected chi connectivity index (χ0v) is 11.4.